The van der Waals surface area contributed by atoms with Crippen LogP contribution < -0.4 is 4.74 Å². The average Bonchev–Trinajstić information content (AvgIpc) is 2.93. The molecule has 0 saturated carbocycles. The quantitative estimate of drug-likeness (QED) is 0.717. The maximum atomic E-state index is 12.7. The van der Waals surface area contributed by atoms with Gasteiger partial charge in [-0.15, -0.1) is 13.2 Å². The van der Waals surface area contributed by atoms with Gasteiger partial charge >= 0.3 is 6.36 Å². The van der Waals surface area contributed by atoms with Crippen molar-refractivity contribution in [3.63, 3.8) is 0 Å². The first-order valence-electron chi connectivity index (χ1n) is 8.31. The standard InChI is InChI=1S/C16H18ClF3N4O3S/c1-22-14(17)10-21-15(22)11-23-6-8-24(9-7-23)28(25,26)13-4-2-12(3-5-13)27-16(18,19)20/h2-5,10H,6-9,11H2,1H3. The summed E-state index contributed by atoms with van der Waals surface area (Å²) in [7, 11) is -1.99. The molecule has 0 bridgehead atoms. The molecule has 1 aliphatic heterocycles. The molecule has 1 aliphatic rings. The van der Waals surface area contributed by atoms with Gasteiger partial charge in [0.1, 0.15) is 16.7 Å². The predicted octanol–water partition coefficient (Wildman–Crippen LogP) is 2.48. The van der Waals surface area contributed by atoms with E-state index in [0.29, 0.717) is 24.8 Å². The molecule has 1 saturated heterocycles. The Kier molecular flexibility index (Phi) is 5.89. The highest BCUT2D eigenvalue weighted by atomic mass is 35.5. The molecule has 1 fully saturated rings. The molecule has 0 aliphatic carbocycles. The van der Waals surface area contributed by atoms with Crippen LogP contribution in [0.15, 0.2) is 35.4 Å². The molecule has 0 amide bonds. The summed E-state index contributed by atoms with van der Waals surface area (Å²) in [5.74, 6) is 0.312. The summed E-state index contributed by atoms with van der Waals surface area (Å²) in [5, 5.41) is 0.522. The number of ether oxygens (including phenoxy) is 1. The lowest BCUT2D eigenvalue weighted by molar-refractivity contribution is -0.274. The molecule has 0 spiro atoms. The van der Waals surface area contributed by atoms with Crippen LogP contribution >= 0.6 is 11.6 Å². The second-order valence-electron chi connectivity index (χ2n) is 6.26. The SMILES string of the molecule is Cn1c(Cl)cnc1CN1CCN(S(=O)(=O)c2ccc(OC(F)(F)F)cc2)CC1. The predicted molar refractivity (Wildman–Crippen MR) is 95.4 cm³/mol. The Morgan fingerprint density at radius 1 is 1.14 bits per heavy atom. The third-order valence-electron chi connectivity index (χ3n) is 4.42. The van der Waals surface area contributed by atoms with Gasteiger partial charge in [-0.2, -0.15) is 4.31 Å². The van der Waals surface area contributed by atoms with Crippen LogP contribution in [0.3, 0.4) is 0 Å². The van der Waals surface area contributed by atoms with Gasteiger partial charge in [-0.25, -0.2) is 13.4 Å². The molecule has 0 unspecified atom stereocenters. The number of sulfonamides is 1. The highest BCUT2D eigenvalue weighted by Gasteiger charge is 2.32. The van der Waals surface area contributed by atoms with Crippen LogP contribution in [0, 0.1) is 0 Å². The van der Waals surface area contributed by atoms with E-state index in [4.69, 9.17) is 11.6 Å². The van der Waals surface area contributed by atoms with E-state index < -0.39 is 22.1 Å². The van der Waals surface area contributed by atoms with Gasteiger partial charge in [0.25, 0.3) is 0 Å². The van der Waals surface area contributed by atoms with Crippen LogP contribution in [-0.4, -0.2) is 59.7 Å². The van der Waals surface area contributed by atoms with Crippen LogP contribution in [0.25, 0.3) is 0 Å². The normalized spacial score (nSPS) is 17.0. The number of benzene rings is 1. The number of rotatable bonds is 5. The van der Waals surface area contributed by atoms with Crippen LogP contribution in [0.2, 0.25) is 5.15 Å². The van der Waals surface area contributed by atoms with Crippen LogP contribution in [0.4, 0.5) is 13.2 Å². The molecule has 28 heavy (non-hydrogen) atoms. The molecule has 12 heteroatoms. The molecule has 3 rings (SSSR count). The van der Waals surface area contributed by atoms with Crippen molar-refractivity contribution in [1.29, 1.82) is 0 Å². The summed E-state index contributed by atoms with van der Waals surface area (Å²) in [6.07, 6.45) is -3.27. The lowest BCUT2D eigenvalue weighted by Gasteiger charge is -2.33. The Hall–Kier alpha value is -1.82. The summed E-state index contributed by atoms with van der Waals surface area (Å²) >= 11 is 5.97. The number of aromatic nitrogens is 2. The van der Waals surface area contributed by atoms with Gasteiger partial charge in [-0.3, -0.25) is 4.90 Å². The minimum absolute atomic E-state index is 0.0774. The Bertz CT molecular complexity index is 924. The molecule has 154 valence electrons. The second-order valence-corrected chi connectivity index (χ2v) is 8.58. The Morgan fingerprint density at radius 3 is 2.25 bits per heavy atom. The first-order chi connectivity index (χ1) is 13.1. The summed E-state index contributed by atoms with van der Waals surface area (Å²) in [6, 6.07) is 4.19. The number of piperazine rings is 1. The number of hydrogen-bond donors (Lipinski definition) is 0. The van der Waals surface area contributed by atoms with E-state index in [1.54, 1.807) is 17.8 Å². The number of hydrogen-bond acceptors (Lipinski definition) is 5. The fourth-order valence-corrected chi connectivity index (χ4v) is 4.43. The highest BCUT2D eigenvalue weighted by Crippen LogP contribution is 2.25. The van der Waals surface area contributed by atoms with Crippen molar-refractivity contribution >= 4 is 21.6 Å². The summed E-state index contributed by atoms with van der Waals surface area (Å²) in [5.41, 5.74) is 0. The summed E-state index contributed by atoms with van der Waals surface area (Å²) in [6.45, 7) is 2.07. The lowest BCUT2D eigenvalue weighted by atomic mass is 10.3. The largest absolute Gasteiger partial charge is 0.573 e. The lowest BCUT2D eigenvalue weighted by Crippen LogP contribution is -2.48. The van der Waals surface area contributed by atoms with Gasteiger partial charge in [0.05, 0.1) is 17.6 Å². The Balaban J connectivity index is 1.62. The van der Waals surface area contributed by atoms with Gasteiger partial charge in [0, 0.05) is 33.2 Å². The van der Waals surface area contributed by atoms with Gasteiger partial charge < -0.3 is 9.30 Å². The Morgan fingerprint density at radius 2 is 1.75 bits per heavy atom. The number of alkyl halides is 3. The van der Waals surface area contributed by atoms with E-state index >= 15 is 0 Å². The van der Waals surface area contributed by atoms with Crippen LogP contribution in [0.1, 0.15) is 5.82 Å². The van der Waals surface area contributed by atoms with E-state index in [1.165, 1.54) is 4.31 Å². The number of halogens is 4. The maximum Gasteiger partial charge on any atom is 0.573 e. The van der Waals surface area contributed by atoms with Crippen molar-refractivity contribution in [2.75, 3.05) is 26.2 Å². The van der Waals surface area contributed by atoms with Crippen LogP contribution in [0.5, 0.6) is 5.75 Å². The van der Waals surface area contributed by atoms with E-state index in [-0.39, 0.29) is 18.0 Å². The molecule has 1 aromatic heterocycles. The fraction of sp³-hybridized carbons (Fsp3) is 0.438. The smallest absolute Gasteiger partial charge is 0.406 e. The fourth-order valence-electron chi connectivity index (χ4n) is 2.86. The molecular weight excluding hydrogens is 421 g/mol. The first kappa shape index (κ1) is 20.9. The van der Waals surface area contributed by atoms with Gasteiger partial charge in [0.15, 0.2) is 0 Å². The van der Waals surface area contributed by atoms with Crippen LogP contribution in [-0.2, 0) is 23.6 Å². The molecule has 2 aromatic rings. The zero-order chi connectivity index (χ0) is 20.5. The third kappa shape index (κ3) is 4.77. The van der Waals surface area contributed by atoms with Gasteiger partial charge in [-0.1, -0.05) is 11.6 Å². The van der Waals surface area contributed by atoms with Crippen molar-refractivity contribution in [3.05, 3.63) is 41.4 Å². The topological polar surface area (TPSA) is 67.7 Å². The van der Waals surface area contributed by atoms with Crippen molar-refractivity contribution in [2.45, 2.75) is 17.8 Å². The van der Waals surface area contributed by atoms with Gasteiger partial charge in [0.2, 0.25) is 10.0 Å². The van der Waals surface area contributed by atoms with Crippen molar-refractivity contribution in [1.82, 2.24) is 18.8 Å². The Labute approximate surface area is 165 Å². The summed E-state index contributed by atoms with van der Waals surface area (Å²) < 4.78 is 68.9. The highest BCUT2D eigenvalue weighted by molar-refractivity contribution is 7.89. The number of imidazole rings is 1. The zero-order valence-corrected chi connectivity index (χ0v) is 16.4. The first-order valence-corrected chi connectivity index (χ1v) is 10.1. The van der Waals surface area contributed by atoms with Gasteiger partial charge in [-0.05, 0) is 24.3 Å². The maximum absolute atomic E-state index is 12.7. The minimum Gasteiger partial charge on any atom is -0.406 e. The van der Waals surface area contributed by atoms with Crippen molar-refractivity contribution in [3.8, 4) is 5.75 Å². The summed E-state index contributed by atoms with van der Waals surface area (Å²) in [4.78, 5) is 6.21. The minimum atomic E-state index is -4.83. The van der Waals surface area contributed by atoms with Crippen molar-refractivity contribution in [2.24, 2.45) is 7.05 Å². The molecule has 0 atom stereocenters. The molecule has 1 aromatic carbocycles. The van der Waals surface area contributed by atoms with E-state index in [1.807, 2.05) is 0 Å². The number of nitrogens with zero attached hydrogens (tertiary/aromatic N) is 4. The zero-order valence-electron chi connectivity index (χ0n) is 14.9. The monoisotopic (exact) mass is 438 g/mol. The average molecular weight is 439 g/mol. The molecule has 0 N–H and O–H groups in total. The van der Waals surface area contributed by atoms with E-state index in [0.717, 1.165) is 30.1 Å². The molecule has 0 radical (unpaired) electrons. The second kappa shape index (κ2) is 7.90. The third-order valence-corrected chi connectivity index (χ3v) is 6.68. The van der Waals surface area contributed by atoms with E-state index in [2.05, 4.69) is 14.6 Å². The molecule has 2 heterocycles. The molecule has 7 nitrogen and oxygen atoms in total. The molecular formula is C16H18ClF3N4O3S. The van der Waals surface area contributed by atoms with Crippen molar-refractivity contribution < 1.29 is 26.3 Å². The van der Waals surface area contributed by atoms with E-state index in [9.17, 15) is 21.6 Å².